The van der Waals surface area contributed by atoms with Gasteiger partial charge in [0, 0.05) is 6.08 Å². The molecule has 0 unspecified atom stereocenters. The molecule has 0 spiro atoms. The van der Waals surface area contributed by atoms with E-state index in [4.69, 9.17) is 18.9 Å². The van der Waals surface area contributed by atoms with E-state index < -0.39 is 74.2 Å². The molecule has 2 aliphatic heterocycles. The lowest BCUT2D eigenvalue weighted by Crippen LogP contribution is -2.59. The molecule has 2 fully saturated rings. The van der Waals surface area contributed by atoms with Gasteiger partial charge >= 0.3 is 11.9 Å². The van der Waals surface area contributed by atoms with Crippen molar-refractivity contribution in [2.75, 3.05) is 13.2 Å². The van der Waals surface area contributed by atoms with E-state index in [2.05, 4.69) is 0 Å². The Hall–Kier alpha value is -3.14. The van der Waals surface area contributed by atoms with Crippen molar-refractivity contribution in [2.45, 2.75) is 55.9 Å². The van der Waals surface area contributed by atoms with E-state index in [-0.39, 0.29) is 16.9 Å². The fourth-order valence-electron chi connectivity index (χ4n) is 3.70. The molecule has 38 heavy (non-hydrogen) atoms. The molecule has 3 rings (SSSR count). The van der Waals surface area contributed by atoms with Gasteiger partial charge in [0.2, 0.25) is 0 Å². The summed E-state index contributed by atoms with van der Waals surface area (Å²) < 4.78 is 20.5. The van der Waals surface area contributed by atoms with Crippen molar-refractivity contribution in [3.63, 3.8) is 0 Å². The second kappa shape index (κ2) is 13.1. The van der Waals surface area contributed by atoms with Crippen molar-refractivity contribution in [1.82, 2.24) is 0 Å². The minimum absolute atomic E-state index is 0.0754. The van der Waals surface area contributed by atoms with Gasteiger partial charge in [-0.15, -0.1) is 0 Å². The van der Waals surface area contributed by atoms with Crippen molar-refractivity contribution in [3.05, 3.63) is 59.4 Å². The number of aliphatic hydroxyl groups excluding tert-OH is 6. The molecule has 7 N–H and O–H groups in total. The van der Waals surface area contributed by atoms with E-state index in [0.717, 1.165) is 18.4 Å². The van der Waals surface area contributed by atoms with Crippen LogP contribution < -0.4 is 0 Å². The number of esters is 2. The Morgan fingerprint density at radius 3 is 2.45 bits per heavy atom. The van der Waals surface area contributed by atoms with Gasteiger partial charge in [-0.1, -0.05) is 12.1 Å². The number of phenolic OH excluding ortho intramolecular Hbond substituents is 1. The second-order valence-corrected chi connectivity index (χ2v) is 8.67. The average Bonchev–Trinajstić information content (AvgIpc) is 3.19. The molecular formula is C25H30O13. The molecule has 1 aromatic carbocycles. The van der Waals surface area contributed by atoms with Crippen LogP contribution in [0.15, 0.2) is 53.8 Å². The van der Waals surface area contributed by atoms with Crippen molar-refractivity contribution in [2.24, 2.45) is 0 Å². The predicted molar refractivity (Wildman–Crippen MR) is 127 cm³/mol. The van der Waals surface area contributed by atoms with E-state index in [0.29, 0.717) is 5.56 Å². The number of aromatic hydroxyl groups is 1. The quantitative estimate of drug-likeness (QED) is 0.106. The Balaban J connectivity index is 1.55. The molecule has 208 valence electrons. The summed E-state index contributed by atoms with van der Waals surface area (Å²) in [7, 11) is 0. The Labute approximate surface area is 217 Å². The zero-order chi connectivity index (χ0) is 28.0. The molecule has 2 heterocycles. The van der Waals surface area contributed by atoms with Gasteiger partial charge in [0.15, 0.2) is 12.4 Å². The van der Waals surface area contributed by atoms with Crippen LogP contribution in [-0.4, -0.2) is 110 Å². The fourth-order valence-corrected chi connectivity index (χ4v) is 3.70. The molecule has 2 saturated heterocycles. The molecule has 0 amide bonds. The normalized spacial score (nSPS) is 32.0. The number of ether oxygens (including phenoxy) is 4. The Morgan fingerprint density at radius 1 is 1.11 bits per heavy atom. The first kappa shape index (κ1) is 29.4. The monoisotopic (exact) mass is 538 g/mol. The lowest BCUT2D eigenvalue weighted by atomic mass is 9.99. The van der Waals surface area contributed by atoms with Gasteiger partial charge in [0.25, 0.3) is 0 Å². The standard InChI is InChI=1S/C25H30O13/c1-12(11-36-17(28)7-4-13-2-5-14(27)6-3-13)18(29)23-19(30)15(24(34)38-23)8-9-35-25-22(33)21(32)20(31)16(10-26)37-25/h2-8,11,16,18-23,25-27,29-33H,9-10H2,1H3/t16-,18+,19+,20+,21+,22+,23-,25+/m0/s1. The van der Waals surface area contributed by atoms with Crippen molar-refractivity contribution in [1.29, 1.82) is 0 Å². The molecule has 8 atom stereocenters. The van der Waals surface area contributed by atoms with E-state index in [1.807, 2.05) is 0 Å². The number of benzene rings is 1. The first-order valence-corrected chi connectivity index (χ1v) is 11.6. The first-order valence-electron chi connectivity index (χ1n) is 11.6. The van der Waals surface area contributed by atoms with Gasteiger partial charge in [-0.2, -0.15) is 0 Å². The number of hydrogen-bond donors (Lipinski definition) is 7. The average molecular weight is 539 g/mol. The maximum atomic E-state index is 12.2. The van der Waals surface area contributed by atoms with Crippen molar-refractivity contribution < 1.29 is 64.3 Å². The summed E-state index contributed by atoms with van der Waals surface area (Å²) in [5.74, 6) is -1.63. The number of carbonyl (C=O) groups excluding carboxylic acids is 2. The van der Waals surface area contributed by atoms with Crippen LogP contribution in [0.1, 0.15) is 12.5 Å². The first-order chi connectivity index (χ1) is 18.0. The van der Waals surface area contributed by atoms with Gasteiger partial charge in [0.1, 0.15) is 42.4 Å². The summed E-state index contributed by atoms with van der Waals surface area (Å²) in [5.41, 5.74) is 0.462. The third kappa shape index (κ3) is 7.03. The molecule has 13 heteroatoms. The zero-order valence-corrected chi connectivity index (χ0v) is 20.2. The van der Waals surface area contributed by atoms with Gasteiger partial charge in [-0.25, -0.2) is 9.59 Å². The summed E-state index contributed by atoms with van der Waals surface area (Å²) in [5, 5.41) is 69.1. The number of cyclic esters (lactones) is 1. The molecule has 0 aliphatic carbocycles. The summed E-state index contributed by atoms with van der Waals surface area (Å²) in [6.45, 7) is 0.353. The van der Waals surface area contributed by atoms with Crippen LogP contribution in [0.5, 0.6) is 5.75 Å². The van der Waals surface area contributed by atoms with E-state index in [1.165, 1.54) is 25.1 Å². The van der Waals surface area contributed by atoms with Gasteiger partial charge in [-0.05, 0) is 42.3 Å². The van der Waals surface area contributed by atoms with Gasteiger partial charge in [-0.3, -0.25) is 0 Å². The second-order valence-electron chi connectivity index (χ2n) is 8.67. The number of phenols is 1. The van der Waals surface area contributed by atoms with Crippen LogP contribution in [0, 0.1) is 0 Å². The van der Waals surface area contributed by atoms with E-state index in [1.54, 1.807) is 12.1 Å². The topological polar surface area (TPSA) is 213 Å². The number of aliphatic hydroxyl groups is 6. The van der Waals surface area contributed by atoms with Crippen LogP contribution in [0.25, 0.3) is 6.08 Å². The van der Waals surface area contributed by atoms with E-state index >= 15 is 0 Å². The summed E-state index contributed by atoms with van der Waals surface area (Å²) in [6.07, 6.45) is -7.33. The smallest absolute Gasteiger partial charge is 0.337 e. The SMILES string of the molecule is CC(=COC(=O)C=Cc1ccc(O)cc1)[C@@H](O)[C@@H]1OC(=O)C(=CCO[C@@H]2O[C@@H](CO)[C@@H](O)[C@@H](O)[C@H]2O)[C@H]1O. The minimum atomic E-state index is -1.65. The van der Waals surface area contributed by atoms with E-state index in [9.17, 15) is 45.3 Å². The number of carbonyl (C=O) groups is 2. The number of rotatable bonds is 9. The van der Waals surface area contributed by atoms with Gasteiger partial charge < -0.3 is 54.7 Å². The Kier molecular flexibility index (Phi) is 10.1. The highest BCUT2D eigenvalue weighted by molar-refractivity contribution is 5.92. The maximum absolute atomic E-state index is 12.2. The largest absolute Gasteiger partial charge is 0.508 e. The predicted octanol–water partition coefficient (Wildman–Crippen LogP) is -1.76. The maximum Gasteiger partial charge on any atom is 0.337 e. The minimum Gasteiger partial charge on any atom is -0.508 e. The zero-order valence-electron chi connectivity index (χ0n) is 20.2. The summed E-state index contributed by atoms with van der Waals surface area (Å²) in [4.78, 5) is 24.2. The molecule has 0 bridgehead atoms. The highest BCUT2D eigenvalue weighted by atomic mass is 16.7. The molecule has 13 nitrogen and oxygen atoms in total. The molecule has 1 aromatic rings. The third-order valence-corrected chi connectivity index (χ3v) is 5.96. The Morgan fingerprint density at radius 2 is 1.79 bits per heavy atom. The molecule has 2 aliphatic rings. The van der Waals surface area contributed by atoms with Crippen LogP contribution in [-0.2, 0) is 28.5 Å². The molecule has 0 radical (unpaired) electrons. The van der Waals surface area contributed by atoms with Crippen molar-refractivity contribution >= 4 is 18.0 Å². The third-order valence-electron chi connectivity index (χ3n) is 5.96. The van der Waals surface area contributed by atoms with Crippen LogP contribution >= 0.6 is 0 Å². The van der Waals surface area contributed by atoms with Crippen LogP contribution in [0.3, 0.4) is 0 Å². The van der Waals surface area contributed by atoms with Crippen LogP contribution in [0.2, 0.25) is 0 Å². The Bertz CT molecular complexity index is 1060. The van der Waals surface area contributed by atoms with Crippen LogP contribution in [0.4, 0.5) is 0 Å². The fraction of sp³-hybridized carbons (Fsp3) is 0.440. The summed E-state index contributed by atoms with van der Waals surface area (Å²) >= 11 is 0. The lowest BCUT2D eigenvalue weighted by molar-refractivity contribution is -0.298. The molecule has 0 saturated carbocycles. The lowest BCUT2D eigenvalue weighted by Gasteiger charge is -2.39. The summed E-state index contributed by atoms with van der Waals surface area (Å²) in [6, 6.07) is 6.06. The molecule has 0 aromatic heterocycles. The highest BCUT2D eigenvalue weighted by Crippen LogP contribution is 2.27. The van der Waals surface area contributed by atoms with Gasteiger partial charge in [0.05, 0.1) is 25.0 Å². The number of hydrogen-bond acceptors (Lipinski definition) is 13. The van der Waals surface area contributed by atoms with Crippen molar-refractivity contribution in [3.8, 4) is 5.75 Å². The highest BCUT2D eigenvalue weighted by Gasteiger charge is 2.45. The molecular weight excluding hydrogens is 508 g/mol.